The topological polar surface area (TPSA) is 42.4 Å². The lowest BCUT2D eigenvalue weighted by Crippen LogP contribution is -1.96. The van der Waals surface area contributed by atoms with Gasteiger partial charge >= 0.3 is 0 Å². The van der Waals surface area contributed by atoms with Crippen LogP contribution in [0.15, 0.2) is 12.1 Å². The van der Waals surface area contributed by atoms with Gasteiger partial charge in [-0.1, -0.05) is 11.6 Å². The quantitative estimate of drug-likeness (QED) is 0.718. The maximum Gasteiger partial charge on any atom is 0.171 e. The van der Waals surface area contributed by atoms with E-state index in [0.717, 1.165) is 0 Å². The molecule has 4 heteroatoms. The van der Waals surface area contributed by atoms with E-state index in [-0.39, 0.29) is 5.15 Å². The first kappa shape index (κ1) is 9.29. The molecule has 0 aliphatic heterocycles. The van der Waals surface area contributed by atoms with Crippen LogP contribution in [0.2, 0.25) is 5.15 Å². The highest BCUT2D eigenvalue weighted by atomic mass is 35.5. The van der Waals surface area contributed by atoms with E-state index in [1.807, 2.05) is 0 Å². The third-order valence-corrected chi connectivity index (χ3v) is 1.75. The molecule has 66 valence electrons. The molecule has 0 saturated carbocycles. The van der Waals surface area contributed by atoms with Crippen LogP contribution >= 0.6 is 11.6 Å². The zero-order chi connectivity index (χ0) is 9.14. The van der Waals surface area contributed by atoms with Crippen molar-refractivity contribution in [1.29, 1.82) is 0 Å². The molecule has 1 rings (SSSR count). The summed E-state index contributed by atoms with van der Waals surface area (Å²) in [7, 11) is 1.52. The van der Waals surface area contributed by atoms with Gasteiger partial charge in [-0.3, -0.25) is 0 Å². The van der Waals surface area contributed by atoms with Crippen molar-refractivity contribution in [3.8, 4) is 5.75 Å². The van der Waals surface area contributed by atoms with Crippen LogP contribution in [0.25, 0.3) is 0 Å². The smallest absolute Gasteiger partial charge is 0.171 e. The molecule has 0 saturated heterocycles. The van der Waals surface area contributed by atoms with Crippen molar-refractivity contribution in [1.82, 2.24) is 4.98 Å². The van der Waals surface area contributed by atoms with Crippen molar-refractivity contribution in [3.63, 3.8) is 0 Å². The number of hydrogen-bond acceptors (Lipinski definition) is 3. The van der Waals surface area contributed by atoms with Crippen LogP contribution in [0.4, 0.5) is 0 Å². The summed E-state index contributed by atoms with van der Waals surface area (Å²) in [5.41, 5.74) is 0.542. The van der Waals surface area contributed by atoms with Crippen LogP contribution in [0.1, 0.15) is 18.7 Å². The van der Waals surface area contributed by atoms with Gasteiger partial charge in [-0.25, -0.2) is 4.98 Å². The highest BCUT2D eigenvalue weighted by molar-refractivity contribution is 6.30. The molecule has 0 unspecified atom stereocenters. The van der Waals surface area contributed by atoms with E-state index in [4.69, 9.17) is 21.4 Å². The fourth-order valence-electron chi connectivity index (χ4n) is 0.820. The molecule has 0 aliphatic carbocycles. The fourth-order valence-corrected chi connectivity index (χ4v) is 1.06. The van der Waals surface area contributed by atoms with Gasteiger partial charge in [-0.05, 0) is 19.1 Å². The van der Waals surface area contributed by atoms with Gasteiger partial charge < -0.3 is 9.84 Å². The number of pyridine rings is 1. The van der Waals surface area contributed by atoms with Crippen LogP contribution in [0.5, 0.6) is 5.75 Å². The summed E-state index contributed by atoms with van der Waals surface area (Å²) in [6.07, 6.45) is -0.603. The Balaban J connectivity index is 3.02. The number of aromatic nitrogens is 1. The first-order valence-electron chi connectivity index (χ1n) is 3.53. The van der Waals surface area contributed by atoms with E-state index in [1.54, 1.807) is 19.1 Å². The first-order valence-corrected chi connectivity index (χ1v) is 3.91. The van der Waals surface area contributed by atoms with E-state index in [2.05, 4.69) is 4.98 Å². The van der Waals surface area contributed by atoms with E-state index < -0.39 is 6.10 Å². The number of methoxy groups -OCH3 is 1. The third kappa shape index (κ3) is 1.87. The minimum atomic E-state index is -0.603. The molecule has 0 fully saturated rings. The van der Waals surface area contributed by atoms with Crippen LogP contribution in [0, 0.1) is 0 Å². The van der Waals surface area contributed by atoms with E-state index >= 15 is 0 Å². The molecule has 1 heterocycles. The van der Waals surface area contributed by atoms with Gasteiger partial charge in [0.2, 0.25) is 0 Å². The van der Waals surface area contributed by atoms with Gasteiger partial charge in [0, 0.05) is 0 Å². The minimum absolute atomic E-state index is 0.274. The highest BCUT2D eigenvalue weighted by Gasteiger charge is 2.06. The Morgan fingerprint density at radius 3 is 2.67 bits per heavy atom. The molecule has 1 atom stereocenters. The zero-order valence-electron chi connectivity index (χ0n) is 6.91. The number of hydrogen-bond donors (Lipinski definition) is 1. The van der Waals surface area contributed by atoms with Crippen LogP contribution < -0.4 is 4.74 Å². The summed E-state index contributed by atoms with van der Waals surface area (Å²) in [6, 6.07) is 3.35. The summed E-state index contributed by atoms with van der Waals surface area (Å²) in [4.78, 5) is 3.93. The Morgan fingerprint density at radius 2 is 2.25 bits per heavy atom. The van der Waals surface area contributed by atoms with Crippen LogP contribution in [-0.2, 0) is 0 Å². The molecule has 0 bridgehead atoms. The van der Waals surface area contributed by atoms with E-state index in [1.165, 1.54) is 7.11 Å². The number of rotatable bonds is 2. The standard InChI is InChI=1S/C8H10ClNO2/c1-5(11)6-3-4-7(12-2)8(9)10-6/h3-5,11H,1-2H3/t5-/m1/s1. The maximum absolute atomic E-state index is 9.15. The fraction of sp³-hybridized carbons (Fsp3) is 0.375. The molecule has 12 heavy (non-hydrogen) atoms. The van der Waals surface area contributed by atoms with E-state index in [9.17, 15) is 0 Å². The number of aliphatic hydroxyl groups excluding tert-OH is 1. The lowest BCUT2D eigenvalue weighted by Gasteiger charge is -2.06. The molecule has 3 nitrogen and oxygen atoms in total. The minimum Gasteiger partial charge on any atom is -0.494 e. The SMILES string of the molecule is COc1ccc([C@@H](C)O)nc1Cl. The molecule has 0 radical (unpaired) electrons. The van der Waals surface area contributed by atoms with Gasteiger partial charge in [0.1, 0.15) is 0 Å². The van der Waals surface area contributed by atoms with Crippen molar-refractivity contribution in [2.75, 3.05) is 7.11 Å². The predicted octanol–water partition coefficient (Wildman–Crippen LogP) is 1.80. The molecule has 1 N–H and O–H groups in total. The summed E-state index contributed by atoms with van der Waals surface area (Å²) in [5, 5.41) is 9.42. The van der Waals surface area contributed by atoms with Crippen molar-refractivity contribution in [3.05, 3.63) is 23.0 Å². The largest absolute Gasteiger partial charge is 0.494 e. The zero-order valence-corrected chi connectivity index (χ0v) is 7.67. The lowest BCUT2D eigenvalue weighted by molar-refractivity contribution is 0.194. The maximum atomic E-state index is 9.15. The summed E-state index contributed by atoms with van der Waals surface area (Å²) in [6.45, 7) is 1.63. The normalized spacial score (nSPS) is 12.7. The third-order valence-electron chi connectivity index (χ3n) is 1.48. The summed E-state index contributed by atoms with van der Waals surface area (Å²) < 4.78 is 4.90. The number of ether oxygens (including phenoxy) is 1. The molecule has 0 aromatic carbocycles. The average Bonchev–Trinajstić information content (AvgIpc) is 2.04. The Kier molecular flexibility index (Phi) is 2.89. The van der Waals surface area contributed by atoms with Gasteiger partial charge in [0.25, 0.3) is 0 Å². The second-order valence-corrected chi connectivity index (χ2v) is 2.76. The second-order valence-electron chi connectivity index (χ2n) is 2.41. The summed E-state index contributed by atoms with van der Waals surface area (Å²) in [5.74, 6) is 0.515. The Bertz CT molecular complexity index is 276. The Morgan fingerprint density at radius 1 is 1.58 bits per heavy atom. The average molecular weight is 188 g/mol. The molecular weight excluding hydrogens is 178 g/mol. The molecular formula is C8H10ClNO2. The van der Waals surface area contributed by atoms with Crippen molar-refractivity contribution in [2.45, 2.75) is 13.0 Å². The first-order chi connectivity index (χ1) is 5.65. The molecule has 1 aromatic rings. The van der Waals surface area contributed by atoms with Gasteiger partial charge in [-0.2, -0.15) is 0 Å². The van der Waals surface area contributed by atoms with Crippen LogP contribution in [-0.4, -0.2) is 17.2 Å². The van der Waals surface area contributed by atoms with Crippen molar-refractivity contribution < 1.29 is 9.84 Å². The number of nitrogens with zero attached hydrogens (tertiary/aromatic N) is 1. The van der Waals surface area contributed by atoms with Crippen molar-refractivity contribution >= 4 is 11.6 Å². The molecule has 0 spiro atoms. The number of halogens is 1. The monoisotopic (exact) mass is 187 g/mol. The molecule has 0 aliphatic rings. The van der Waals surface area contributed by atoms with Gasteiger partial charge in [0.15, 0.2) is 10.9 Å². The highest BCUT2D eigenvalue weighted by Crippen LogP contribution is 2.23. The van der Waals surface area contributed by atoms with Gasteiger partial charge in [-0.15, -0.1) is 0 Å². The number of aliphatic hydroxyl groups is 1. The summed E-state index contributed by atoms with van der Waals surface area (Å²) >= 11 is 5.73. The molecule has 0 amide bonds. The van der Waals surface area contributed by atoms with Gasteiger partial charge in [0.05, 0.1) is 18.9 Å². The second kappa shape index (κ2) is 3.74. The van der Waals surface area contributed by atoms with Crippen LogP contribution in [0.3, 0.4) is 0 Å². The lowest BCUT2D eigenvalue weighted by atomic mass is 10.2. The predicted molar refractivity (Wildman–Crippen MR) is 46.4 cm³/mol. The Labute approximate surface area is 76.0 Å². The molecule has 1 aromatic heterocycles. The Hall–Kier alpha value is -0.800. The van der Waals surface area contributed by atoms with E-state index in [0.29, 0.717) is 11.4 Å². The van der Waals surface area contributed by atoms with Crippen molar-refractivity contribution in [2.24, 2.45) is 0 Å².